The van der Waals surface area contributed by atoms with Gasteiger partial charge in [-0.2, -0.15) is 0 Å². The lowest BCUT2D eigenvalue weighted by Crippen LogP contribution is -2.53. The molecular formula is C36H71NO5. The number of aliphatic hydroxyl groups excluding tert-OH is 4. The number of amides is 1. The number of nitrogens with one attached hydrogen (secondary N) is 1. The third-order valence-electron chi connectivity index (χ3n) is 8.48. The second-order valence-corrected chi connectivity index (χ2v) is 12.6. The predicted octanol–water partition coefficient (Wildman–Crippen LogP) is 8.28. The highest BCUT2D eigenvalue weighted by Gasteiger charge is 2.28. The first-order valence-electron chi connectivity index (χ1n) is 18.1. The van der Waals surface area contributed by atoms with Crippen LogP contribution in [-0.4, -0.2) is 57.3 Å². The molecule has 0 aliphatic rings. The number of rotatable bonds is 32. The summed E-state index contributed by atoms with van der Waals surface area (Å²) in [6.45, 7) is 3.99. The van der Waals surface area contributed by atoms with Gasteiger partial charge < -0.3 is 25.7 Å². The van der Waals surface area contributed by atoms with Gasteiger partial charge in [0.05, 0.1) is 18.8 Å². The first-order valence-corrected chi connectivity index (χ1v) is 18.1. The lowest BCUT2D eigenvalue weighted by atomic mass is 10.00. The van der Waals surface area contributed by atoms with Crippen LogP contribution < -0.4 is 5.32 Å². The molecule has 0 heterocycles. The molecule has 4 atom stereocenters. The Kier molecular flexibility index (Phi) is 30.8. The van der Waals surface area contributed by atoms with Gasteiger partial charge in [-0.25, -0.2) is 0 Å². The van der Waals surface area contributed by atoms with Crippen molar-refractivity contribution in [3.63, 3.8) is 0 Å². The molecule has 1 amide bonds. The Bertz CT molecular complexity index is 599. The van der Waals surface area contributed by atoms with Crippen LogP contribution in [0.15, 0.2) is 12.2 Å². The number of allylic oxidation sites excluding steroid dienone is 2. The van der Waals surface area contributed by atoms with Crippen LogP contribution in [0.25, 0.3) is 0 Å². The van der Waals surface area contributed by atoms with Crippen LogP contribution >= 0.6 is 0 Å². The van der Waals surface area contributed by atoms with Gasteiger partial charge in [-0.1, -0.05) is 154 Å². The van der Waals surface area contributed by atoms with E-state index in [1.54, 1.807) is 0 Å². The number of unbranched alkanes of at least 4 members (excludes halogenated alkanes) is 21. The van der Waals surface area contributed by atoms with Crippen LogP contribution in [0.2, 0.25) is 0 Å². The minimum absolute atomic E-state index is 0.365. The first-order chi connectivity index (χ1) is 20.5. The summed E-state index contributed by atoms with van der Waals surface area (Å²) in [5.41, 5.74) is 0. The molecule has 42 heavy (non-hydrogen) atoms. The van der Waals surface area contributed by atoms with E-state index in [-0.39, 0.29) is 0 Å². The summed E-state index contributed by atoms with van der Waals surface area (Å²) in [6.07, 6.45) is 31.0. The highest BCUT2D eigenvalue weighted by atomic mass is 16.3. The molecule has 0 saturated heterocycles. The topological polar surface area (TPSA) is 110 Å². The molecule has 6 nitrogen and oxygen atoms in total. The molecule has 0 spiro atoms. The van der Waals surface area contributed by atoms with Crippen molar-refractivity contribution in [1.82, 2.24) is 5.32 Å². The molecule has 6 heteroatoms. The zero-order valence-electron chi connectivity index (χ0n) is 27.8. The molecule has 0 aromatic heterocycles. The summed E-state index contributed by atoms with van der Waals surface area (Å²) >= 11 is 0. The monoisotopic (exact) mass is 598 g/mol. The molecule has 4 unspecified atom stereocenters. The van der Waals surface area contributed by atoms with Gasteiger partial charge in [-0.3, -0.25) is 4.79 Å². The first kappa shape index (κ1) is 41.0. The predicted molar refractivity (Wildman–Crippen MR) is 178 cm³/mol. The summed E-state index contributed by atoms with van der Waals surface area (Å²) in [6, 6.07) is -0.994. The van der Waals surface area contributed by atoms with E-state index in [4.69, 9.17) is 0 Å². The fraction of sp³-hybridized carbons (Fsp3) is 0.917. The Morgan fingerprint density at radius 2 is 0.976 bits per heavy atom. The highest BCUT2D eigenvalue weighted by molar-refractivity contribution is 5.80. The summed E-state index contributed by atoms with van der Waals surface area (Å²) in [5, 5.41) is 43.3. The minimum Gasteiger partial charge on any atom is -0.394 e. The van der Waals surface area contributed by atoms with Gasteiger partial charge in [0, 0.05) is 0 Å². The van der Waals surface area contributed by atoms with Gasteiger partial charge in [0.15, 0.2) is 0 Å². The number of carbonyl (C=O) groups excluding carboxylic acids is 1. The third kappa shape index (κ3) is 25.5. The second-order valence-electron chi connectivity index (χ2n) is 12.6. The number of carbonyl (C=O) groups is 1. The average molecular weight is 598 g/mol. The van der Waals surface area contributed by atoms with Crippen molar-refractivity contribution in [2.45, 2.75) is 205 Å². The summed E-state index contributed by atoms with van der Waals surface area (Å²) in [4.78, 5) is 12.4. The molecular weight excluding hydrogens is 526 g/mol. The maximum absolute atomic E-state index is 12.4. The Morgan fingerprint density at radius 1 is 0.571 bits per heavy atom. The van der Waals surface area contributed by atoms with Gasteiger partial charge in [0.1, 0.15) is 12.2 Å². The van der Waals surface area contributed by atoms with E-state index >= 15 is 0 Å². The van der Waals surface area contributed by atoms with Crippen LogP contribution in [0.3, 0.4) is 0 Å². The normalized spacial score (nSPS) is 14.7. The van der Waals surface area contributed by atoms with Gasteiger partial charge in [-0.05, 0) is 38.5 Å². The van der Waals surface area contributed by atoms with E-state index < -0.39 is 36.9 Å². The van der Waals surface area contributed by atoms with Crippen molar-refractivity contribution < 1.29 is 25.2 Å². The van der Waals surface area contributed by atoms with E-state index in [0.717, 1.165) is 38.5 Å². The Balaban J connectivity index is 3.84. The largest absolute Gasteiger partial charge is 0.394 e. The fourth-order valence-electron chi connectivity index (χ4n) is 5.52. The van der Waals surface area contributed by atoms with E-state index in [2.05, 4.69) is 31.3 Å². The molecule has 0 bridgehead atoms. The molecule has 0 rings (SSSR count). The number of aliphatic hydroxyl groups is 4. The average Bonchev–Trinajstić information content (AvgIpc) is 2.99. The van der Waals surface area contributed by atoms with Crippen molar-refractivity contribution in [2.24, 2.45) is 0 Å². The molecule has 5 N–H and O–H groups in total. The maximum atomic E-state index is 12.4. The van der Waals surface area contributed by atoms with Crippen LogP contribution in [0.1, 0.15) is 181 Å². The van der Waals surface area contributed by atoms with E-state index in [1.165, 1.54) is 116 Å². The third-order valence-corrected chi connectivity index (χ3v) is 8.48. The van der Waals surface area contributed by atoms with E-state index in [0.29, 0.717) is 12.8 Å². The highest BCUT2D eigenvalue weighted by Crippen LogP contribution is 2.15. The van der Waals surface area contributed by atoms with Gasteiger partial charge in [-0.15, -0.1) is 0 Å². The lowest BCUT2D eigenvalue weighted by Gasteiger charge is -2.27. The number of hydrogen-bond donors (Lipinski definition) is 5. The number of hydrogen-bond acceptors (Lipinski definition) is 5. The van der Waals surface area contributed by atoms with Crippen LogP contribution in [-0.2, 0) is 4.79 Å². The molecule has 0 aromatic carbocycles. The van der Waals surface area contributed by atoms with Gasteiger partial charge in [0.2, 0.25) is 5.91 Å². The quantitative estimate of drug-likeness (QED) is 0.0396. The standard InChI is InChI=1S/C36H71NO5/c1-3-5-7-9-11-13-14-15-16-17-18-19-20-22-23-25-27-29-33(39)35(41)32(31-38)37-36(42)34(40)30-28-26-24-21-12-10-8-6-4-2/h22-23,32-35,38-41H,3-21,24-31H2,1-2H3,(H,37,42)/b23-22+. The maximum Gasteiger partial charge on any atom is 0.249 e. The van der Waals surface area contributed by atoms with E-state index in [9.17, 15) is 25.2 Å². The molecule has 0 aliphatic carbocycles. The van der Waals surface area contributed by atoms with Crippen LogP contribution in [0.4, 0.5) is 0 Å². The Labute approximate surface area is 260 Å². The van der Waals surface area contributed by atoms with Gasteiger partial charge in [0.25, 0.3) is 0 Å². The summed E-state index contributed by atoms with van der Waals surface area (Å²) < 4.78 is 0. The van der Waals surface area contributed by atoms with E-state index in [1.807, 2.05) is 0 Å². The Morgan fingerprint density at radius 3 is 1.43 bits per heavy atom. The molecule has 0 saturated carbocycles. The summed E-state index contributed by atoms with van der Waals surface area (Å²) in [5.74, 6) is -0.597. The van der Waals surface area contributed by atoms with Crippen molar-refractivity contribution in [3.8, 4) is 0 Å². The molecule has 0 aromatic rings. The molecule has 0 aliphatic heterocycles. The fourth-order valence-corrected chi connectivity index (χ4v) is 5.52. The van der Waals surface area contributed by atoms with Crippen molar-refractivity contribution in [1.29, 1.82) is 0 Å². The Hall–Kier alpha value is -0.950. The van der Waals surface area contributed by atoms with Crippen molar-refractivity contribution in [3.05, 3.63) is 12.2 Å². The molecule has 250 valence electrons. The SMILES string of the molecule is CCCCCCCCCCCCCC/C=C/CCCC(O)C(O)C(CO)NC(=O)C(O)CCCCCCCCCCC. The zero-order valence-corrected chi connectivity index (χ0v) is 27.8. The summed E-state index contributed by atoms with van der Waals surface area (Å²) in [7, 11) is 0. The lowest BCUT2D eigenvalue weighted by molar-refractivity contribution is -0.132. The zero-order chi connectivity index (χ0) is 31.1. The minimum atomic E-state index is -1.27. The second kappa shape index (κ2) is 31.5. The van der Waals surface area contributed by atoms with Crippen LogP contribution in [0.5, 0.6) is 0 Å². The van der Waals surface area contributed by atoms with Crippen LogP contribution in [0, 0.1) is 0 Å². The smallest absolute Gasteiger partial charge is 0.249 e. The van der Waals surface area contributed by atoms with Crippen molar-refractivity contribution in [2.75, 3.05) is 6.61 Å². The van der Waals surface area contributed by atoms with Gasteiger partial charge >= 0.3 is 0 Å². The van der Waals surface area contributed by atoms with Crippen molar-refractivity contribution >= 4 is 5.91 Å². The molecule has 0 fully saturated rings. The molecule has 0 radical (unpaired) electrons.